The Bertz CT molecular complexity index is 857. The maximum atomic E-state index is 13.9. The van der Waals surface area contributed by atoms with E-state index < -0.39 is 0 Å². The molecular formula is C21H21FN2O. The quantitative estimate of drug-likeness (QED) is 0.685. The third-order valence-corrected chi connectivity index (χ3v) is 4.71. The van der Waals surface area contributed by atoms with E-state index in [4.69, 9.17) is 4.74 Å². The highest BCUT2D eigenvalue weighted by atomic mass is 19.1. The monoisotopic (exact) mass is 336 g/mol. The number of rotatable bonds is 5. The van der Waals surface area contributed by atoms with Gasteiger partial charge in [0.25, 0.3) is 0 Å². The Balaban J connectivity index is 1.50. The fraction of sp³-hybridized carbons (Fsp3) is 0.286. The largest absolute Gasteiger partial charge is 0.492 e. The molecule has 2 aromatic carbocycles. The van der Waals surface area contributed by atoms with Crippen molar-refractivity contribution in [2.24, 2.45) is 0 Å². The molecule has 0 amide bonds. The van der Waals surface area contributed by atoms with Crippen LogP contribution in [-0.2, 0) is 0 Å². The number of hydrogen-bond acceptors (Lipinski definition) is 3. The number of ether oxygens (including phenoxy) is 1. The standard InChI is InChI=1S/C21H21FN2O/c22-18-14-17-4-3-9-23-21(17)20(15-18)16-5-7-19(8-6-16)25-13-12-24-10-1-2-11-24/h3-9,14-15H,1-2,10-13H2. The van der Waals surface area contributed by atoms with Gasteiger partial charge in [-0.3, -0.25) is 9.88 Å². The van der Waals surface area contributed by atoms with Gasteiger partial charge in [0.1, 0.15) is 18.2 Å². The van der Waals surface area contributed by atoms with Gasteiger partial charge in [-0.2, -0.15) is 0 Å². The van der Waals surface area contributed by atoms with Gasteiger partial charge in [0, 0.05) is 23.7 Å². The zero-order valence-corrected chi connectivity index (χ0v) is 14.1. The zero-order chi connectivity index (χ0) is 17.1. The Morgan fingerprint density at radius 3 is 2.64 bits per heavy atom. The van der Waals surface area contributed by atoms with E-state index >= 15 is 0 Å². The Morgan fingerprint density at radius 2 is 1.84 bits per heavy atom. The second-order valence-corrected chi connectivity index (χ2v) is 6.45. The lowest BCUT2D eigenvalue weighted by atomic mass is 10.0. The van der Waals surface area contributed by atoms with Crippen LogP contribution in [0.25, 0.3) is 22.0 Å². The number of aromatic nitrogens is 1. The van der Waals surface area contributed by atoms with E-state index in [1.807, 2.05) is 36.4 Å². The SMILES string of the molecule is Fc1cc(-c2ccc(OCCN3CCCC3)cc2)c2ncccc2c1. The Morgan fingerprint density at radius 1 is 1.04 bits per heavy atom. The first-order valence-electron chi connectivity index (χ1n) is 8.79. The highest BCUT2D eigenvalue weighted by molar-refractivity contribution is 5.93. The van der Waals surface area contributed by atoms with Crippen LogP contribution in [0.4, 0.5) is 4.39 Å². The average molecular weight is 336 g/mol. The number of fused-ring (bicyclic) bond motifs is 1. The lowest BCUT2D eigenvalue weighted by Crippen LogP contribution is -2.25. The van der Waals surface area contributed by atoms with Gasteiger partial charge in [-0.25, -0.2) is 4.39 Å². The van der Waals surface area contributed by atoms with Crippen molar-refractivity contribution in [3.63, 3.8) is 0 Å². The predicted octanol–water partition coefficient (Wildman–Crippen LogP) is 4.52. The minimum Gasteiger partial charge on any atom is -0.492 e. The van der Waals surface area contributed by atoms with E-state index in [1.165, 1.54) is 32.0 Å². The molecule has 1 fully saturated rings. The van der Waals surface area contributed by atoms with Crippen molar-refractivity contribution in [2.45, 2.75) is 12.8 Å². The fourth-order valence-corrected chi connectivity index (χ4v) is 3.41. The summed E-state index contributed by atoms with van der Waals surface area (Å²) in [6.07, 6.45) is 4.33. The van der Waals surface area contributed by atoms with Crippen LogP contribution in [0.2, 0.25) is 0 Å². The van der Waals surface area contributed by atoms with Crippen molar-refractivity contribution in [1.82, 2.24) is 9.88 Å². The van der Waals surface area contributed by atoms with Gasteiger partial charge < -0.3 is 4.74 Å². The van der Waals surface area contributed by atoms with Gasteiger partial charge in [-0.15, -0.1) is 0 Å². The first-order valence-corrected chi connectivity index (χ1v) is 8.79. The summed E-state index contributed by atoms with van der Waals surface area (Å²) in [5.41, 5.74) is 2.56. The fourth-order valence-electron chi connectivity index (χ4n) is 3.41. The van der Waals surface area contributed by atoms with Crippen molar-refractivity contribution in [3.8, 4) is 16.9 Å². The molecule has 25 heavy (non-hydrogen) atoms. The van der Waals surface area contributed by atoms with Gasteiger partial charge in [0.05, 0.1) is 5.52 Å². The first kappa shape index (κ1) is 16.0. The van der Waals surface area contributed by atoms with E-state index in [1.54, 1.807) is 12.3 Å². The predicted molar refractivity (Wildman–Crippen MR) is 98.3 cm³/mol. The molecule has 1 aromatic heterocycles. The lowest BCUT2D eigenvalue weighted by molar-refractivity contribution is 0.238. The second-order valence-electron chi connectivity index (χ2n) is 6.45. The minimum atomic E-state index is -0.249. The average Bonchev–Trinajstić information content (AvgIpc) is 3.15. The summed E-state index contributed by atoms with van der Waals surface area (Å²) in [6.45, 7) is 4.04. The van der Waals surface area contributed by atoms with Gasteiger partial charge in [-0.1, -0.05) is 18.2 Å². The van der Waals surface area contributed by atoms with Gasteiger partial charge in [-0.05, 0) is 61.8 Å². The lowest BCUT2D eigenvalue weighted by Gasteiger charge is -2.15. The van der Waals surface area contributed by atoms with Crippen LogP contribution in [0.5, 0.6) is 5.75 Å². The molecule has 3 nitrogen and oxygen atoms in total. The van der Waals surface area contributed by atoms with Crippen molar-refractivity contribution < 1.29 is 9.13 Å². The van der Waals surface area contributed by atoms with Gasteiger partial charge in [0.15, 0.2) is 0 Å². The molecule has 2 heterocycles. The summed E-state index contributed by atoms with van der Waals surface area (Å²) in [6, 6.07) is 14.6. The van der Waals surface area contributed by atoms with Crippen LogP contribution in [0.1, 0.15) is 12.8 Å². The molecular weight excluding hydrogens is 315 g/mol. The van der Waals surface area contributed by atoms with Crippen LogP contribution in [-0.4, -0.2) is 36.1 Å². The van der Waals surface area contributed by atoms with Crippen LogP contribution < -0.4 is 4.74 Å². The van der Waals surface area contributed by atoms with Crippen molar-refractivity contribution >= 4 is 10.9 Å². The molecule has 0 saturated carbocycles. The summed E-state index contributed by atoms with van der Waals surface area (Å²) in [4.78, 5) is 6.84. The molecule has 0 unspecified atom stereocenters. The smallest absolute Gasteiger partial charge is 0.124 e. The topological polar surface area (TPSA) is 25.4 Å². The molecule has 4 heteroatoms. The maximum Gasteiger partial charge on any atom is 0.124 e. The molecule has 0 bridgehead atoms. The van der Waals surface area contributed by atoms with Crippen LogP contribution >= 0.6 is 0 Å². The molecule has 0 radical (unpaired) electrons. The molecule has 0 atom stereocenters. The molecule has 0 N–H and O–H groups in total. The number of halogens is 1. The first-order chi connectivity index (χ1) is 12.3. The van der Waals surface area contributed by atoms with Crippen molar-refractivity contribution in [2.75, 3.05) is 26.2 Å². The summed E-state index contributed by atoms with van der Waals surface area (Å²) in [5.74, 6) is 0.595. The Labute approximate surface area is 147 Å². The van der Waals surface area contributed by atoms with Crippen molar-refractivity contribution in [3.05, 3.63) is 60.5 Å². The molecule has 0 spiro atoms. The van der Waals surface area contributed by atoms with E-state index in [9.17, 15) is 4.39 Å². The highest BCUT2D eigenvalue weighted by Gasteiger charge is 2.11. The third-order valence-electron chi connectivity index (χ3n) is 4.71. The second kappa shape index (κ2) is 7.19. The maximum absolute atomic E-state index is 13.9. The van der Waals surface area contributed by atoms with Gasteiger partial charge >= 0.3 is 0 Å². The summed E-state index contributed by atoms with van der Waals surface area (Å²) >= 11 is 0. The highest BCUT2D eigenvalue weighted by Crippen LogP contribution is 2.29. The number of pyridine rings is 1. The molecule has 3 aromatic rings. The molecule has 128 valence electrons. The normalized spacial score (nSPS) is 14.9. The molecule has 0 aliphatic carbocycles. The van der Waals surface area contributed by atoms with E-state index in [0.29, 0.717) is 6.61 Å². The number of benzene rings is 2. The van der Waals surface area contributed by atoms with Crippen LogP contribution in [0.15, 0.2) is 54.7 Å². The number of likely N-dealkylation sites (tertiary alicyclic amines) is 1. The van der Waals surface area contributed by atoms with E-state index in [0.717, 1.165) is 34.3 Å². The summed E-state index contributed by atoms with van der Waals surface area (Å²) in [5, 5.41) is 0.809. The molecule has 1 aliphatic heterocycles. The summed E-state index contributed by atoms with van der Waals surface area (Å²) in [7, 11) is 0. The Hall–Kier alpha value is -2.46. The van der Waals surface area contributed by atoms with Crippen LogP contribution in [0, 0.1) is 5.82 Å². The van der Waals surface area contributed by atoms with E-state index in [-0.39, 0.29) is 5.82 Å². The Kier molecular flexibility index (Phi) is 4.61. The number of hydrogen-bond donors (Lipinski definition) is 0. The minimum absolute atomic E-state index is 0.249. The van der Waals surface area contributed by atoms with Crippen molar-refractivity contribution in [1.29, 1.82) is 0 Å². The molecule has 1 saturated heterocycles. The summed E-state index contributed by atoms with van der Waals surface area (Å²) < 4.78 is 19.8. The molecule has 4 rings (SSSR count). The van der Waals surface area contributed by atoms with Gasteiger partial charge in [0.2, 0.25) is 0 Å². The molecule has 1 aliphatic rings. The zero-order valence-electron chi connectivity index (χ0n) is 14.1. The van der Waals surface area contributed by atoms with Crippen LogP contribution in [0.3, 0.4) is 0 Å². The third kappa shape index (κ3) is 3.64. The van der Waals surface area contributed by atoms with E-state index in [2.05, 4.69) is 9.88 Å². The number of nitrogens with zero attached hydrogens (tertiary/aromatic N) is 2.